The van der Waals surface area contributed by atoms with E-state index in [1.54, 1.807) is 0 Å². The molecule has 0 bridgehead atoms. The largest absolute Gasteiger partial charge is 0.480 e. The van der Waals surface area contributed by atoms with E-state index in [1.807, 2.05) is 0 Å². The quantitative estimate of drug-likeness (QED) is 0.360. The van der Waals surface area contributed by atoms with Gasteiger partial charge in [-0.15, -0.1) is 0 Å². The Bertz CT molecular complexity index is 481. The van der Waals surface area contributed by atoms with Crippen LogP contribution in [0.5, 0.6) is 0 Å². The molecule has 0 unspecified atom stereocenters. The Morgan fingerprint density at radius 1 is 1.62 bits per heavy atom. The first kappa shape index (κ1) is 15.9. The van der Waals surface area contributed by atoms with Crippen molar-refractivity contribution in [3.8, 4) is 0 Å². The Balaban J connectivity index is 2.10. The maximum atomic E-state index is 11.3. The van der Waals surface area contributed by atoms with Gasteiger partial charge in [0, 0.05) is 18.3 Å². The normalized spacial score (nSPS) is 34.6. The number of carbonyl (C=O) groups is 1. The number of rotatable bonds is 5. The van der Waals surface area contributed by atoms with Gasteiger partial charge in [-0.3, -0.25) is 10.1 Å². The zero-order valence-electron chi connectivity index (χ0n) is 11.4. The Hall–Kier alpha value is -1.52. The molecule has 5 atom stereocenters. The summed E-state index contributed by atoms with van der Waals surface area (Å²) in [6.45, 7) is 1.22. The van der Waals surface area contributed by atoms with Gasteiger partial charge >= 0.3 is 5.97 Å². The van der Waals surface area contributed by atoms with Crippen LogP contribution >= 0.6 is 0 Å². The first-order chi connectivity index (χ1) is 9.83. The van der Waals surface area contributed by atoms with Crippen molar-refractivity contribution in [1.29, 1.82) is 0 Å². The Morgan fingerprint density at radius 2 is 2.33 bits per heavy atom. The number of hydrogen-bond donors (Lipinski definition) is 6. The number of imidazole rings is 1. The van der Waals surface area contributed by atoms with Gasteiger partial charge in [0.2, 0.25) is 0 Å². The van der Waals surface area contributed by atoms with Crippen LogP contribution in [-0.2, 0) is 16.0 Å². The number of nitrogens with zero attached hydrogens (tertiary/aromatic N) is 1. The molecule has 1 aliphatic heterocycles. The van der Waals surface area contributed by atoms with E-state index >= 15 is 0 Å². The molecule has 1 aromatic rings. The molecule has 0 amide bonds. The summed E-state index contributed by atoms with van der Waals surface area (Å²) in [6.07, 6.45) is -1.08. The summed E-state index contributed by atoms with van der Waals surface area (Å²) < 4.78 is 5.30. The minimum Gasteiger partial charge on any atom is -0.480 e. The Labute approximate surface area is 120 Å². The number of nitrogens with one attached hydrogen (secondary N) is 2. The van der Waals surface area contributed by atoms with Crippen molar-refractivity contribution in [3.05, 3.63) is 18.2 Å². The zero-order chi connectivity index (χ0) is 15.6. The van der Waals surface area contributed by atoms with Gasteiger partial charge in [-0.1, -0.05) is 0 Å². The van der Waals surface area contributed by atoms with Gasteiger partial charge in [0.05, 0.1) is 12.9 Å². The van der Waals surface area contributed by atoms with Crippen molar-refractivity contribution >= 4 is 5.97 Å². The monoisotopic (exact) mass is 301 g/mol. The van der Waals surface area contributed by atoms with Crippen LogP contribution in [0.1, 0.15) is 12.6 Å². The van der Waals surface area contributed by atoms with Crippen molar-refractivity contribution < 1.29 is 30.0 Å². The van der Waals surface area contributed by atoms with Gasteiger partial charge in [0.1, 0.15) is 30.1 Å². The molecule has 0 aliphatic carbocycles. The van der Waals surface area contributed by atoms with E-state index in [-0.39, 0.29) is 13.0 Å². The smallest absolute Gasteiger partial charge is 0.321 e. The summed E-state index contributed by atoms with van der Waals surface area (Å²) in [4.78, 5) is 17.9. The van der Waals surface area contributed by atoms with E-state index in [2.05, 4.69) is 15.3 Å². The van der Waals surface area contributed by atoms with Gasteiger partial charge in [-0.25, -0.2) is 4.98 Å². The second-order valence-corrected chi connectivity index (χ2v) is 5.24. The van der Waals surface area contributed by atoms with Crippen LogP contribution in [0.2, 0.25) is 0 Å². The lowest BCUT2D eigenvalue weighted by Gasteiger charge is -2.44. The average Bonchev–Trinajstić information content (AvgIpc) is 2.93. The summed E-state index contributed by atoms with van der Waals surface area (Å²) in [5.74, 6) is -1.14. The second kappa shape index (κ2) is 6.08. The van der Waals surface area contributed by atoms with Crippen LogP contribution in [0.4, 0.5) is 0 Å². The predicted octanol–water partition coefficient (Wildman–Crippen LogP) is -2.18. The summed E-state index contributed by atoms with van der Waals surface area (Å²) in [6, 6.07) is -1.06. The molecule has 21 heavy (non-hydrogen) atoms. The first-order valence-electron chi connectivity index (χ1n) is 6.49. The number of aliphatic hydroxyl groups excluding tert-OH is 3. The molecule has 6 N–H and O–H groups in total. The summed E-state index contributed by atoms with van der Waals surface area (Å²) in [5.41, 5.74) is -0.883. The number of carboxylic acids is 1. The lowest BCUT2D eigenvalue weighted by Crippen LogP contribution is -2.68. The highest BCUT2D eigenvalue weighted by molar-refractivity contribution is 5.73. The molecule has 0 saturated carbocycles. The van der Waals surface area contributed by atoms with Crippen molar-refractivity contribution in [1.82, 2.24) is 15.3 Å². The molecule has 2 rings (SSSR count). The van der Waals surface area contributed by atoms with Crippen LogP contribution in [-0.4, -0.2) is 73.0 Å². The third kappa shape index (κ3) is 3.39. The standard InChI is InChI=1S/C12H19N3O6/c1-12(10(18)9(17)8(16)4-21-12)15-7(11(19)20)2-6-3-13-5-14-6/h3,5,7-10,15-18H,2,4H2,1H3,(H,13,14)(H,19,20)/t7-,8+,9+,10-,12+/m0/s1. The summed E-state index contributed by atoms with van der Waals surface area (Å²) in [7, 11) is 0. The lowest BCUT2D eigenvalue weighted by molar-refractivity contribution is -0.243. The van der Waals surface area contributed by atoms with Gasteiger partial charge < -0.3 is 30.1 Å². The Morgan fingerprint density at radius 3 is 2.90 bits per heavy atom. The van der Waals surface area contributed by atoms with Crippen LogP contribution in [0.3, 0.4) is 0 Å². The average molecular weight is 301 g/mol. The number of H-pyrrole nitrogens is 1. The maximum absolute atomic E-state index is 11.3. The second-order valence-electron chi connectivity index (χ2n) is 5.24. The number of aliphatic hydroxyl groups is 3. The fraction of sp³-hybridized carbons (Fsp3) is 0.667. The van der Waals surface area contributed by atoms with E-state index in [0.717, 1.165) is 0 Å². The number of aromatic nitrogens is 2. The molecule has 9 nitrogen and oxygen atoms in total. The van der Waals surface area contributed by atoms with Crippen molar-refractivity contribution in [2.45, 2.75) is 43.4 Å². The van der Waals surface area contributed by atoms with Crippen molar-refractivity contribution in [2.24, 2.45) is 0 Å². The fourth-order valence-electron chi connectivity index (χ4n) is 2.27. The van der Waals surface area contributed by atoms with Crippen LogP contribution in [0, 0.1) is 0 Å². The molecule has 0 aromatic carbocycles. The molecule has 0 spiro atoms. The molecule has 2 heterocycles. The summed E-state index contributed by atoms with van der Waals surface area (Å²) >= 11 is 0. The number of carboxylic acid groups (broad SMARTS) is 1. The minimum atomic E-state index is -1.48. The van der Waals surface area contributed by atoms with Crippen LogP contribution in [0.25, 0.3) is 0 Å². The predicted molar refractivity (Wildman–Crippen MR) is 69.2 cm³/mol. The van der Waals surface area contributed by atoms with Gasteiger partial charge in [0.25, 0.3) is 0 Å². The first-order valence-corrected chi connectivity index (χ1v) is 6.49. The fourth-order valence-corrected chi connectivity index (χ4v) is 2.27. The van der Waals surface area contributed by atoms with E-state index in [0.29, 0.717) is 5.69 Å². The lowest BCUT2D eigenvalue weighted by atomic mass is 9.94. The molecule has 1 aliphatic rings. The number of hydrogen-bond acceptors (Lipinski definition) is 7. The highest BCUT2D eigenvalue weighted by Gasteiger charge is 2.47. The third-order valence-corrected chi connectivity index (χ3v) is 3.57. The number of ether oxygens (including phenoxy) is 1. The van der Waals surface area contributed by atoms with Crippen molar-refractivity contribution in [3.63, 3.8) is 0 Å². The number of aliphatic carboxylic acids is 1. The van der Waals surface area contributed by atoms with E-state index in [9.17, 15) is 25.2 Å². The van der Waals surface area contributed by atoms with E-state index < -0.39 is 36.0 Å². The highest BCUT2D eigenvalue weighted by Crippen LogP contribution is 2.24. The maximum Gasteiger partial charge on any atom is 0.321 e. The SMILES string of the molecule is C[C@@]1(N[C@@H](Cc2cnc[nH]2)C(=O)O)OC[C@@H](O)[C@@H](O)[C@@H]1O. The summed E-state index contributed by atoms with van der Waals surface area (Å²) in [5, 5.41) is 41.1. The molecule has 118 valence electrons. The number of aromatic amines is 1. The molecule has 0 radical (unpaired) electrons. The molecule has 1 fully saturated rings. The van der Waals surface area contributed by atoms with Gasteiger partial charge in [-0.2, -0.15) is 0 Å². The molecular weight excluding hydrogens is 282 g/mol. The molecular formula is C12H19N3O6. The third-order valence-electron chi connectivity index (χ3n) is 3.57. The molecule has 1 aromatic heterocycles. The molecule has 9 heteroatoms. The van der Waals surface area contributed by atoms with Crippen LogP contribution < -0.4 is 5.32 Å². The molecule has 1 saturated heterocycles. The Kier molecular flexibility index (Phi) is 4.59. The van der Waals surface area contributed by atoms with E-state index in [1.165, 1.54) is 19.4 Å². The highest BCUT2D eigenvalue weighted by atomic mass is 16.5. The van der Waals surface area contributed by atoms with Crippen LogP contribution in [0.15, 0.2) is 12.5 Å². The zero-order valence-corrected chi connectivity index (χ0v) is 11.4. The minimum absolute atomic E-state index is 0.0969. The van der Waals surface area contributed by atoms with Gasteiger partial charge in [0.15, 0.2) is 0 Å². The van der Waals surface area contributed by atoms with E-state index in [4.69, 9.17) is 4.74 Å². The topological polar surface area (TPSA) is 148 Å². The van der Waals surface area contributed by atoms with Gasteiger partial charge in [-0.05, 0) is 6.92 Å². The van der Waals surface area contributed by atoms with Crippen molar-refractivity contribution in [2.75, 3.05) is 6.61 Å².